The summed E-state index contributed by atoms with van der Waals surface area (Å²) in [6.07, 6.45) is 0. The van der Waals surface area contributed by atoms with Crippen molar-refractivity contribution in [1.82, 2.24) is 4.90 Å². The zero-order chi connectivity index (χ0) is 21.3. The Balaban J connectivity index is 2.07. The molecule has 0 radical (unpaired) electrons. The number of hydrogen-bond acceptors (Lipinski definition) is 3. The monoisotopic (exact) mass is 393 g/mol. The lowest BCUT2D eigenvalue weighted by Crippen LogP contribution is -3.06. The molecule has 0 saturated carbocycles. The number of aryl methyl sites for hydroxylation is 3. The van der Waals surface area contributed by atoms with Gasteiger partial charge in [0.25, 0.3) is 5.91 Å². The van der Waals surface area contributed by atoms with Crippen molar-refractivity contribution in [3.63, 3.8) is 0 Å². The van der Waals surface area contributed by atoms with Crippen LogP contribution < -0.4 is 4.90 Å². The van der Waals surface area contributed by atoms with Crippen LogP contribution in [0.5, 0.6) is 0 Å². The second kappa shape index (κ2) is 8.29. The Bertz CT molecular complexity index is 947. The molecular weight excluding hydrogens is 364 g/mol. The van der Waals surface area contributed by atoms with Crippen LogP contribution in [0.25, 0.3) is 0 Å². The number of nitrogens with zero attached hydrogens (tertiary/aromatic N) is 1. The lowest BCUT2D eigenvalue weighted by molar-refractivity contribution is -0.857. The first-order valence-electron chi connectivity index (χ1n) is 10.0. The highest BCUT2D eigenvalue weighted by molar-refractivity contribution is 6.44. The highest BCUT2D eigenvalue weighted by Crippen LogP contribution is 2.38. The molecule has 3 rings (SSSR count). The molecule has 1 heterocycles. The van der Waals surface area contributed by atoms with E-state index in [-0.39, 0.29) is 5.78 Å². The fraction of sp³-hybridized carbons (Fsp3) is 0.375. The number of carbonyl (C=O) groups excluding carboxylic acids is 3. The van der Waals surface area contributed by atoms with Gasteiger partial charge in [0, 0.05) is 5.56 Å². The normalized spacial score (nSPS) is 19.3. The molecule has 0 spiro atoms. The van der Waals surface area contributed by atoms with Gasteiger partial charge in [-0.1, -0.05) is 47.5 Å². The van der Waals surface area contributed by atoms with Crippen LogP contribution >= 0.6 is 0 Å². The summed E-state index contributed by atoms with van der Waals surface area (Å²) in [7, 11) is 4.00. The molecule has 2 unspecified atom stereocenters. The van der Waals surface area contributed by atoms with Crippen LogP contribution in [0.1, 0.15) is 38.7 Å². The van der Waals surface area contributed by atoms with Crippen LogP contribution in [0.3, 0.4) is 0 Å². The highest BCUT2D eigenvalue weighted by atomic mass is 16.2. The summed E-state index contributed by atoms with van der Waals surface area (Å²) in [6.45, 7) is 6.90. The third kappa shape index (κ3) is 4.15. The third-order valence-corrected chi connectivity index (χ3v) is 5.62. The van der Waals surface area contributed by atoms with Gasteiger partial charge in [-0.3, -0.25) is 14.4 Å². The van der Waals surface area contributed by atoms with Gasteiger partial charge in [-0.2, -0.15) is 0 Å². The van der Waals surface area contributed by atoms with Gasteiger partial charge in [0.05, 0.1) is 33.2 Å². The van der Waals surface area contributed by atoms with E-state index in [1.807, 2.05) is 77.3 Å². The summed E-state index contributed by atoms with van der Waals surface area (Å²) in [5.41, 5.74) is 4.21. The predicted molar refractivity (Wildman–Crippen MR) is 112 cm³/mol. The van der Waals surface area contributed by atoms with Gasteiger partial charge < -0.3 is 9.80 Å². The number of benzene rings is 2. The minimum atomic E-state index is -1.01. The number of amides is 1. The average molecular weight is 394 g/mol. The van der Waals surface area contributed by atoms with Crippen LogP contribution in [-0.2, 0) is 9.59 Å². The number of carbonyl (C=O) groups is 3. The molecule has 5 heteroatoms. The zero-order valence-corrected chi connectivity index (χ0v) is 17.8. The van der Waals surface area contributed by atoms with Gasteiger partial charge in [0.15, 0.2) is 5.78 Å². The summed E-state index contributed by atoms with van der Waals surface area (Å²) in [5, 5.41) is 0. The number of Topliss-reactive ketones (excluding diaryl/α,β-unsaturated/α-hetero) is 2. The van der Waals surface area contributed by atoms with Gasteiger partial charge in [-0.05, 0) is 38.0 Å². The van der Waals surface area contributed by atoms with E-state index in [0.717, 1.165) is 22.3 Å². The average Bonchev–Trinajstić information content (AvgIpc) is 2.93. The van der Waals surface area contributed by atoms with Gasteiger partial charge in [0.2, 0.25) is 5.78 Å². The molecule has 2 aromatic rings. The van der Waals surface area contributed by atoms with Crippen molar-refractivity contribution < 1.29 is 19.3 Å². The van der Waals surface area contributed by atoms with Crippen molar-refractivity contribution in [2.45, 2.75) is 26.8 Å². The Hall–Kier alpha value is -2.79. The Morgan fingerprint density at radius 1 is 0.966 bits per heavy atom. The minimum Gasteiger partial charge on any atom is -0.338 e. The van der Waals surface area contributed by atoms with Crippen molar-refractivity contribution in [2.75, 3.05) is 27.2 Å². The summed E-state index contributed by atoms with van der Waals surface area (Å²) in [6, 6.07) is 12.8. The maximum absolute atomic E-state index is 13.5. The Kier molecular flexibility index (Phi) is 5.99. The van der Waals surface area contributed by atoms with Crippen molar-refractivity contribution >= 4 is 17.5 Å². The first-order chi connectivity index (χ1) is 13.7. The molecule has 1 aliphatic rings. The lowest BCUT2D eigenvalue weighted by atomic mass is 9.84. The molecule has 0 aliphatic carbocycles. The van der Waals surface area contributed by atoms with Crippen LogP contribution in [-0.4, -0.2) is 49.6 Å². The summed E-state index contributed by atoms with van der Waals surface area (Å²) < 4.78 is 0. The molecule has 152 valence electrons. The molecule has 1 amide bonds. The second-order valence-electron chi connectivity index (χ2n) is 8.34. The molecule has 0 aromatic heterocycles. The van der Waals surface area contributed by atoms with Gasteiger partial charge in [0.1, 0.15) is 5.92 Å². The fourth-order valence-electron chi connectivity index (χ4n) is 3.88. The molecule has 1 aliphatic heterocycles. The number of quaternary nitrogens is 1. The molecule has 1 N–H and O–H groups in total. The molecule has 2 aromatic carbocycles. The Morgan fingerprint density at radius 3 is 2.21 bits per heavy atom. The highest BCUT2D eigenvalue weighted by Gasteiger charge is 2.51. The zero-order valence-electron chi connectivity index (χ0n) is 17.8. The van der Waals surface area contributed by atoms with Crippen molar-refractivity contribution in [2.24, 2.45) is 5.92 Å². The van der Waals surface area contributed by atoms with E-state index in [9.17, 15) is 14.4 Å². The van der Waals surface area contributed by atoms with Crippen LogP contribution in [0.2, 0.25) is 0 Å². The van der Waals surface area contributed by atoms with Crippen molar-refractivity contribution in [3.05, 3.63) is 70.3 Å². The van der Waals surface area contributed by atoms with E-state index in [0.29, 0.717) is 18.7 Å². The van der Waals surface area contributed by atoms with Crippen LogP contribution in [0.15, 0.2) is 42.5 Å². The summed E-state index contributed by atoms with van der Waals surface area (Å²) >= 11 is 0. The number of ketones is 2. The number of likely N-dealkylation sites (N-methyl/N-ethyl adjacent to an activating group) is 1. The fourth-order valence-corrected chi connectivity index (χ4v) is 3.88. The van der Waals surface area contributed by atoms with Crippen molar-refractivity contribution in [1.29, 1.82) is 0 Å². The van der Waals surface area contributed by atoms with E-state index < -0.39 is 23.7 Å². The number of nitrogens with one attached hydrogen (secondary N) is 1. The molecule has 29 heavy (non-hydrogen) atoms. The smallest absolute Gasteiger partial charge is 0.291 e. The van der Waals surface area contributed by atoms with E-state index in [1.165, 1.54) is 4.90 Å². The standard InChI is InChI=1S/C24H28N2O3/c1-15-7-10-18(11-8-15)21-20(22(27)19-14-16(2)6-9-17(19)3)23(28)24(29)26(21)13-12-25(4)5/h6-11,14,20-21H,12-13H2,1-5H3/p+1. The Labute approximate surface area is 172 Å². The van der Waals surface area contributed by atoms with E-state index in [2.05, 4.69) is 0 Å². The van der Waals surface area contributed by atoms with Crippen molar-refractivity contribution in [3.8, 4) is 0 Å². The van der Waals surface area contributed by atoms with E-state index >= 15 is 0 Å². The summed E-state index contributed by atoms with van der Waals surface area (Å²) in [5.74, 6) is -2.44. The molecule has 1 fully saturated rings. The Morgan fingerprint density at radius 2 is 1.59 bits per heavy atom. The number of rotatable bonds is 6. The number of hydrogen-bond donors (Lipinski definition) is 1. The van der Waals surface area contributed by atoms with Gasteiger partial charge in [-0.15, -0.1) is 0 Å². The summed E-state index contributed by atoms with van der Waals surface area (Å²) in [4.78, 5) is 42.2. The number of likely N-dealkylation sites (tertiary alicyclic amines) is 1. The second-order valence-corrected chi connectivity index (χ2v) is 8.34. The molecule has 5 nitrogen and oxygen atoms in total. The predicted octanol–water partition coefficient (Wildman–Crippen LogP) is 1.71. The van der Waals surface area contributed by atoms with Gasteiger partial charge >= 0.3 is 0 Å². The van der Waals surface area contributed by atoms with E-state index in [1.54, 1.807) is 4.90 Å². The van der Waals surface area contributed by atoms with Crippen LogP contribution in [0.4, 0.5) is 0 Å². The molecule has 2 atom stereocenters. The molecule has 1 saturated heterocycles. The molecule has 0 bridgehead atoms. The maximum atomic E-state index is 13.5. The quantitative estimate of drug-likeness (QED) is 0.462. The third-order valence-electron chi connectivity index (χ3n) is 5.62. The largest absolute Gasteiger partial charge is 0.338 e. The molecular formula is C24H29N2O3+. The van der Waals surface area contributed by atoms with E-state index in [4.69, 9.17) is 0 Å². The first-order valence-corrected chi connectivity index (χ1v) is 10.0. The topological polar surface area (TPSA) is 58.9 Å². The lowest BCUT2D eigenvalue weighted by Gasteiger charge is -2.27. The minimum absolute atomic E-state index is 0.269. The van der Waals surface area contributed by atoms with Gasteiger partial charge in [-0.25, -0.2) is 0 Å². The SMILES string of the molecule is Cc1ccc(C2C(C(=O)c3cc(C)ccc3C)C(=O)C(=O)N2CC[NH+](C)C)cc1. The first kappa shape index (κ1) is 20.9. The maximum Gasteiger partial charge on any atom is 0.291 e. The van der Waals surface area contributed by atoms with Crippen LogP contribution in [0, 0.1) is 26.7 Å².